The van der Waals surface area contributed by atoms with Gasteiger partial charge in [-0.3, -0.25) is 19.1 Å². The number of nitrogens with zero attached hydrogens (tertiary/aromatic N) is 5. The van der Waals surface area contributed by atoms with Crippen molar-refractivity contribution in [3.63, 3.8) is 0 Å². The van der Waals surface area contributed by atoms with Gasteiger partial charge in [-0.1, -0.05) is 17.7 Å². The Morgan fingerprint density at radius 1 is 1.19 bits per heavy atom. The van der Waals surface area contributed by atoms with Crippen LogP contribution in [0.25, 0.3) is 22.2 Å². The first-order valence-corrected chi connectivity index (χ1v) is 8.34. The van der Waals surface area contributed by atoms with Gasteiger partial charge < -0.3 is 5.32 Å². The summed E-state index contributed by atoms with van der Waals surface area (Å²) in [5.41, 5.74) is 2.51. The Morgan fingerprint density at radius 3 is 2.88 bits per heavy atom. The molecule has 0 unspecified atom stereocenters. The quantitative estimate of drug-likeness (QED) is 0.602. The lowest BCUT2D eigenvalue weighted by Crippen LogP contribution is -2.19. The molecule has 0 aliphatic heterocycles. The molecule has 0 saturated carbocycles. The molecule has 0 atom stereocenters. The number of carbonyl (C=O) groups is 1. The van der Waals surface area contributed by atoms with Gasteiger partial charge in [-0.25, -0.2) is 0 Å². The van der Waals surface area contributed by atoms with Gasteiger partial charge in [-0.15, -0.1) is 0 Å². The summed E-state index contributed by atoms with van der Waals surface area (Å²) in [6.45, 7) is 0.0722. The smallest absolute Gasteiger partial charge is 0.247 e. The van der Waals surface area contributed by atoms with Gasteiger partial charge in [0.05, 0.1) is 21.6 Å². The van der Waals surface area contributed by atoms with Crippen LogP contribution in [0.3, 0.4) is 0 Å². The number of fused-ring (bicyclic) bond motifs is 1. The molecule has 3 aromatic heterocycles. The maximum Gasteiger partial charge on any atom is 0.247 e. The van der Waals surface area contributed by atoms with Crippen LogP contribution in [0.15, 0.2) is 55.0 Å². The van der Waals surface area contributed by atoms with Gasteiger partial charge in [0, 0.05) is 31.2 Å². The van der Waals surface area contributed by atoms with Crippen LogP contribution < -0.4 is 5.32 Å². The Kier molecular flexibility index (Phi) is 4.14. The Bertz CT molecular complexity index is 1090. The number of hydrogen-bond acceptors (Lipinski definition) is 4. The molecule has 130 valence electrons. The predicted molar refractivity (Wildman–Crippen MR) is 99.8 cm³/mol. The van der Waals surface area contributed by atoms with Crippen molar-refractivity contribution in [3.8, 4) is 11.3 Å². The van der Waals surface area contributed by atoms with E-state index >= 15 is 0 Å². The van der Waals surface area contributed by atoms with Gasteiger partial charge in [-0.05, 0) is 30.3 Å². The van der Waals surface area contributed by atoms with Crippen molar-refractivity contribution in [1.29, 1.82) is 0 Å². The maximum absolute atomic E-state index is 12.4. The van der Waals surface area contributed by atoms with Gasteiger partial charge in [0.2, 0.25) is 5.91 Å². The number of benzene rings is 1. The Hall–Kier alpha value is -3.19. The second kappa shape index (κ2) is 6.61. The van der Waals surface area contributed by atoms with E-state index in [0.29, 0.717) is 10.8 Å². The van der Waals surface area contributed by atoms with Crippen LogP contribution in [-0.2, 0) is 18.4 Å². The molecule has 1 amide bonds. The minimum atomic E-state index is -0.231. The van der Waals surface area contributed by atoms with Crippen LogP contribution in [0.5, 0.6) is 0 Å². The van der Waals surface area contributed by atoms with Crippen molar-refractivity contribution >= 4 is 34.2 Å². The summed E-state index contributed by atoms with van der Waals surface area (Å²) in [5.74, 6) is 0.212. The number of rotatable bonds is 4. The van der Waals surface area contributed by atoms with Crippen LogP contribution >= 0.6 is 11.6 Å². The lowest BCUT2D eigenvalue weighted by atomic mass is 10.2. The molecule has 0 saturated heterocycles. The number of aryl methyl sites for hydroxylation is 1. The number of hydrogen-bond donors (Lipinski definition) is 1. The normalized spacial score (nSPS) is 11.0. The Balaban J connectivity index is 1.53. The van der Waals surface area contributed by atoms with Gasteiger partial charge >= 0.3 is 0 Å². The summed E-state index contributed by atoms with van der Waals surface area (Å²) in [6.07, 6.45) is 5.19. The zero-order chi connectivity index (χ0) is 18.1. The van der Waals surface area contributed by atoms with Gasteiger partial charge in [0.1, 0.15) is 6.54 Å². The molecule has 26 heavy (non-hydrogen) atoms. The zero-order valence-corrected chi connectivity index (χ0v) is 14.7. The van der Waals surface area contributed by atoms with Crippen molar-refractivity contribution in [2.45, 2.75) is 6.54 Å². The average molecular weight is 367 g/mol. The summed E-state index contributed by atoms with van der Waals surface area (Å²) in [4.78, 5) is 16.5. The van der Waals surface area contributed by atoms with E-state index in [0.717, 1.165) is 22.2 Å². The van der Waals surface area contributed by atoms with E-state index in [1.54, 1.807) is 34.0 Å². The second-order valence-electron chi connectivity index (χ2n) is 5.79. The van der Waals surface area contributed by atoms with Crippen LogP contribution in [0.2, 0.25) is 5.02 Å². The Labute approximate surface area is 154 Å². The molecule has 1 aromatic carbocycles. The molecule has 7 nitrogen and oxygen atoms in total. The predicted octanol–water partition coefficient (Wildman–Crippen LogP) is 3.12. The van der Waals surface area contributed by atoms with Gasteiger partial charge in [-0.2, -0.15) is 10.2 Å². The van der Waals surface area contributed by atoms with Crippen molar-refractivity contribution in [2.24, 2.45) is 7.05 Å². The van der Waals surface area contributed by atoms with Gasteiger partial charge in [0.15, 0.2) is 5.82 Å². The van der Waals surface area contributed by atoms with Crippen molar-refractivity contribution in [1.82, 2.24) is 24.5 Å². The maximum atomic E-state index is 12.4. The number of aromatic nitrogens is 5. The summed E-state index contributed by atoms with van der Waals surface area (Å²) < 4.78 is 3.26. The molecule has 0 fully saturated rings. The third kappa shape index (κ3) is 3.04. The number of nitrogens with one attached hydrogen (secondary N) is 1. The fourth-order valence-electron chi connectivity index (χ4n) is 2.79. The standard InChI is InChI=1S/C18H15ClN6O/c1-24-15-6-2-5-13(19)17(15)18(23-24)21-16(26)11-25-9-7-14(22-25)12-4-3-8-20-10-12/h2-10H,11H2,1H3,(H,21,23,26). The lowest BCUT2D eigenvalue weighted by Gasteiger charge is -2.04. The molecule has 0 spiro atoms. The molecule has 1 N–H and O–H groups in total. The van der Waals surface area contributed by atoms with Crippen LogP contribution in [0.1, 0.15) is 0 Å². The van der Waals surface area contributed by atoms with E-state index in [9.17, 15) is 4.79 Å². The van der Waals surface area contributed by atoms with E-state index in [-0.39, 0.29) is 12.5 Å². The van der Waals surface area contributed by atoms with Crippen molar-refractivity contribution < 1.29 is 4.79 Å². The molecule has 0 radical (unpaired) electrons. The molecule has 3 heterocycles. The highest BCUT2D eigenvalue weighted by atomic mass is 35.5. The molecular weight excluding hydrogens is 352 g/mol. The largest absolute Gasteiger partial charge is 0.307 e. The van der Waals surface area contributed by atoms with E-state index < -0.39 is 0 Å². The first kappa shape index (κ1) is 16.3. The van der Waals surface area contributed by atoms with Crippen molar-refractivity contribution in [2.75, 3.05) is 5.32 Å². The molecule has 0 bridgehead atoms. The molecule has 8 heteroatoms. The Morgan fingerprint density at radius 2 is 2.08 bits per heavy atom. The number of amides is 1. The number of anilines is 1. The first-order chi connectivity index (χ1) is 12.6. The van der Waals surface area contributed by atoms with E-state index in [4.69, 9.17) is 11.6 Å². The second-order valence-corrected chi connectivity index (χ2v) is 6.20. The molecule has 0 aliphatic rings. The minimum Gasteiger partial charge on any atom is -0.307 e. The SMILES string of the molecule is Cn1nc(NC(=O)Cn2ccc(-c3cccnc3)n2)c2c(Cl)cccc21. The van der Waals surface area contributed by atoms with E-state index in [2.05, 4.69) is 20.5 Å². The van der Waals surface area contributed by atoms with Crippen molar-refractivity contribution in [3.05, 3.63) is 60.0 Å². The highest BCUT2D eigenvalue weighted by Crippen LogP contribution is 2.29. The fourth-order valence-corrected chi connectivity index (χ4v) is 3.05. The summed E-state index contributed by atoms with van der Waals surface area (Å²) in [6, 6.07) is 11.1. The first-order valence-electron chi connectivity index (χ1n) is 7.97. The summed E-state index contributed by atoms with van der Waals surface area (Å²) >= 11 is 6.26. The van der Waals surface area contributed by atoms with E-state index in [1.807, 2.05) is 37.4 Å². The van der Waals surface area contributed by atoms with E-state index in [1.165, 1.54) is 0 Å². The number of pyridine rings is 1. The van der Waals surface area contributed by atoms with Crippen LogP contribution in [0.4, 0.5) is 5.82 Å². The molecule has 0 aliphatic carbocycles. The monoisotopic (exact) mass is 366 g/mol. The minimum absolute atomic E-state index is 0.0722. The van der Waals surface area contributed by atoms with Gasteiger partial charge in [0.25, 0.3) is 0 Å². The summed E-state index contributed by atoms with van der Waals surface area (Å²) in [5, 5.41) is 12.8. The third-order valence-corrected chi connectivity index (χ3v) is 4.30. The zero-order valence-electron chi connectivity index (χ0n) is 13.9. The highest BCUT2D eigenvalue weighted by molar-refractivity contribution is 6.36. The molecular formula is C18H15ClN6O. The highest BCUT2D eigenvalue weighted by Gasteiger charge is 2.15. The number of halogens is 1. The molecule has 4 aromatic rings. The lowest BCUT2D eigenvalue weighted by molar-refractivity contribution is -0.116. The third-order valence-electron chi connectivity index (χ3n) is 3.99. The topological polar surface area (TPSA) is 77.6 Å². The van der Waals surface area contributed by atoms with Crippen LogP contribution in [0, 0.1) is 0 Å². The van der Waals surface area contributed by atoms with Crippen LogP contribution in [-0.4, -0.2) is 30.5 Å². The summed E-state index contributed by atoms with van der Waals surface area (Å²) in [7, 11) is 1.81. The average Bonchev–Trinajstić information content (AvgIpc) is 3.22. The number of carbonyl (C=O) groups excluding carboxylic acids is 1. The fraction of sp³-hybridized carbons (Fsp3) is 0.111. The molecule has 4 rings (SSSR count).